The maximum atomic E-state index is 12.8. The second-order valence-corrected chi connectivity index (χ2v) is 8.21. The minimum absolute atomic E-state index is 0.156. The molecule has 3 rings (SSSR count). The summed E-state index contributed by atoms with van der Waals surface area (Å²) in [4.78, 5) is 21.3. The molecule has 0 radical (unpaired) electrons. The Labute approximate surface area is 187 Å². The molecular formula is C23H29N5O4. The summed E-state index contributed by atoms with van der Waals surface area (Å²) < 4.78 is 17.7. The third-order valence-corrected chi connectivity index (χ3v) is 4.85. The molecule has 170 valence electrons. The molecule has 2 heterocycles. The fourth-order valence-corrected chi connectivity index (χ4v) is 3.13. The van der Waals surface area contributed by atoms with Crippen LogP contribution in [0.25, 0.3) is 5.95 Å². The standard InChI is InChI=1S/C23H29N5O4/c1-23(2,3)18-14-19(28(27-18)22-24-10-7-11-25-22)26-20(29)9-8-15-12-16(30-4)21(32-6)17(13-15)31-5/h7,10-14H,8-9H2,1-6H3,(H,26,29). The van der Waals surface area contributed by atoms with Gasteiger partial charge in [-0.05, 0) is 30.2 Å². The van der Waals surface area contributed by atoms with E-state index in [0.717, 1.165) is 11.3 Å². The number of aryl methyl sites for hydroxylation is 1. The van der Waals surface area contributed by atoms with Crippen molar-refractivity contribution in [2.24, 2.45) is 0 Å². The summed E-state index contributed by atoms with van der Waals surface area (Å²) in [7, 11) is 4.68. The second kappa shape index (κ2) is 9.67. The highest BCUT2D eigenvalue weighted by atomic mass is 16.5. The summed E-state index contributed by atoms with van der Waals surface area (Å²) in [6, 6.07) is 7.27. The van der Waals surface area contributed by atoms with Crippen LogP contribution >= 0.6 is 0 Å². The predicted octanol–water partition coefficient (Wildman–Crippen LogP) is 3.56. The highest BCUT2D eigenvalue weighted by molar-refractivity contribution is 5.90. The van der Waals surface area contributed by atoms with Crippen LogP contribution in [0.5, 0.6) is 17.2 Å². The Bertz CT molecular complexity index is 1050. The fraction of sp³-hybridized carbons (Fsp3) is 0.391. The molecule has 0 atom stereocenters. The molecule has 0 saturated carbocycles. The maximum absolute atomic E-state index is 12.8. The van der Waals surface area contributed by atoms with E-state index in [1.165, 1.54) is 0 Å². The summed E-state index contributed by atoms with van der Waals surface area (Å²) in [5.41, 5.74) is 1.52. The molecule has 0 aliphatic heterocycles. The lowest BCUT2D eigenvalue weighted by atomic mass is 9.92. The zero-order chi connectivity index (χ0) is 23.3. The molecule has 0 spiro atoms. The first-order chi connectivity index (χ1) is 15.3. The van der Waals surface area contributed by atoms with Crippen LogP contribution in [0.3, 0.4) is 0 Å². The van der Waals surface area contributed by atoms with E-state index >= 15 is 0 Å². The number of rotatable bonds is 8. The molecule has 9 nitrogen and oxygen atoms in total. The molecule has 3 aromatic rings. The average Bonchev–Trinajstić information content (AvgIpc) is 3.21. The number of ether oxygens (including phenoxy) is 3. The SMILES string of the molecule is COc1cc(CCC(=O)Nc2cc(C(C)(C)C)nn2-c2ncccn2)cc(OC)c1OC. The van der Waals surface area contributed by atoms with Gasteiger partial charge >= 0.3 is 0 Å². The van der Waals surface area contributed by atoms with Gasteiger partial charge in [0, 0.05) is 30.3 Å². The lowest BCUT2D eigenvalue weighted by molar-refractivity contribution is -0.116. The topological polar surface area (TPSA) is 100 Å². The van der Waals surface area contributed by atoms with Gasteiger partial charge in [-0.15, -0.1) is 0 Å². The van der Waals surface area contributed by atoms with E-state index in [1.807, 2.05) is 18.2 Å². The van der Waals surface area contributed by atoms with Crippen molar-refractivity contribution in [3.63, 3.8) is 0 Å². The molecule has 9 heteroatoms. The zero-order valence-corrected chi connectivity index (χ0v) is 19.3. The molecule has 0 unspecified atom stereocenters. The van der Waals surface area contributed by atoms with Crippen molar-refractivity contribution in [1.29, 1.82) is 0 Å². The Kier molecular flexibility index (Phi) is 6.97. The summed E-state index contributed by atoms with van der Waals surface area (Å²) >= 11 is 0. The van der Waals surface area contributed by atoms with Crippen molar-refractivity contribution in [2.45, 2.75) is 39.0 Å². The Balaban J connectivity index is 1.79. The minimum atomic E-state index is -0.199. The minimum Gasteiger partial charge on any atom is -0.493 e. The number of amides is 1. The van der Waals surface area contributed by atoms with Gasteiger partial charge in [0.2, 0.25) is 11.7 Å². The molecule has 1 N–H and O–H groups in total. The maximum Gasteiger partial charge on any atom is 0.252 e. The van der Waals surface area contributed by atoms with Crippen LogP contribution in [0.2, 0.25) is 0 Å². The van der Waals surface area contributed by atoms with Crippen LogP contribution in [0, 0.1) is 0 Å². The van der Waals surface area contributed by atoms with Crippen LogP contribution < -0.4 is 19.5 Å². The van der Waals surface area contributed by atoms with Crippen LogP contribution in [0.4, 0.5) is 5.82 Å². The van der Waals surface area contributed by atoms with Gasteiger partial charge in [0.15, 0.2) is 11.5 Å². The second-order valence-electron chi connectivity index (χ2n) is 8.21. The Hall–Kier alpha value is -3.62. The summed E-state index contributed by atoms with van der Waals surface area (Å²) in [5.74, 6) is 2.38. The largest absolute Gasteiger partial charge is 0.493 e. The van der Waals surface area contributed by atoms with Gasteiger partial charge in [0.1, 0.15) is 5.82 Å². The number of nitrogens with one attached hydrogen (secondary N) is 1. The van der Waals surface area contributed by atoms with Crippen LogP contribution in [-0.2, 0) is 16.6 Å². The van der Waals surface area contributed by atoms with Gasteiger partial charge in [-0.25, -0.2) is 9.97 Å². The normalized spacial score (nSPS) is 11.2. The molecule has 1 aromatic carbocycles. The van der Waals surface area contributed by atoms with Crippen molar-refractivity contribution in [1.82, 2.24) is 19.7 Å². The van der Waals surface area contributed by atoms with Crippen molar-refractivity contribution < 1.29 is 19.0 Å². The van der Waals surface area contributed by atoms with Crippen LogP contribution in [0.1, 0.15) is 38.4 Å². The summed E-state index contributed by atoms with van der Waals surface area (Å²) in [5, 5.41) is 7.56. The van der Waals surface area contributed by atoms with E-state index in [2.05, 4.69) is 41.2 Å². The summed E-state index contributed by atoms with van der Waals surface area (Å²) in [6.45, 7) is 6.17. The van der Waals surface area contributed by atoms with E-state index < -0.39 is 0 Å². The number of methoxy groups -OCH3 is 3. The van der Waals surface area contributed by atoms with Crippen molar-refractivity contribution in [3.05, 3.63) is 47.9 Å². The van der Waals surface area contributed by atoms with Gasteiger partial charge in [-0.1, -0.05) is 20.8 Å². The van der Waals surface area contributed by atoms with E-state index in [-0.39, 0.29) is 17.7 Å². The monoisotopic (exact) mass is 439 g/mol. The van der Waals surface area contributed by atoms with Gasteiger partial charge in [0.05, 0.1) is 27.0 Å². The van der Waals surface area contributed by atoms with Gasteiger partial charge in [0.25, 0.3) is 5.95 Å². The third-order valence-electron chi connectivity index (χ3n) is 4.85. The number of anilines is 1. The molecule has 0 aliphatic rings. The predicted molar refractivity (Wildman–Crippen MR) is 121 cm³/mol. The first-order valence-electron chi connectivity index (χ1n) is 10.2. The molecule has 0 saturated heterocycles. The summed E-state index contributed by atoms with van der Waals surface area (Å²) in [6.07, 6.45) is 4.02. The first kappa shape index (κ1) is 23.1. The average molecular weight is 440 g/mol. The van der Waals surface area contributed by atoms with Crippen molar-refractivity contribution >= 4 is 11.7 Å². The fourth-order valence-electron chi connectivity index (χ4n) is 3.13. The molecule has 0 fully saturated rings. The first-order valence-corrected chi connectivity index (χ1v) is 10.2. The Morgan fingerprint density at radius 2 is 1.62 bits per heavy atom. The lowest BCUT2D eigenvalue weighted by Gasteiger charge is -2.14. The molecule has 1 amide bonds. The van der Waals surface area contributed by atoms with Crippen LogP contribution in [-0.4, -0.2) is 47.0 Å². The molecule has 0 bridgehead atoms. The molecule has 2 aromatic heterocycles. The number of carbonyl (C=O) groups is 1. The lowest BCUT2D eigenvalue weighted by Crippen LogP contribution is -2.16. The highest BCUT2D eigenvalue weighted by Gasteiger charge is 2.22. The van der Waals surface area contributed by atoms with Crippen molar-refractivity contribution in [2.75, 3.05) is 26.6 Å². The Morgan fingerprint density at radius 1 is 1.00 bits per heavy atom. The highest BCUT2D eigenvalue weighted by Crippen LogP contribution is 2.38. The zero-order valence-electron chi connectivity index (χ0n) is 19.3. The number of hydrogen-bond acceptors (Lipinski definition) is 7. The number of nitrogens with zero attached hydrogens (tertiary/aromatic N) is 4. The quantitative estimate of drug-likeness (QED) is 0.573. The molecule has 0 aliphatic carbocycles. The van der Waals surface area contributed by atoms with Crippen molar-refractivity contribution in [3.8, 4) is 23.2 Å². The van der Waals surface area contributed by atoms with Crippen LogP contribution in [0.15, 0.2) is 36.7 Å². The Morgan fingerprint density at radius 3 is 2.16 bits per heavy atom. The molecule has 32 heavy (non-hydrogen) atoms. The van der Waals surface area contributed by atoms with Gasteiger partial charge < -0.3 is 19.5 Å². The number of benzene rings is 1. The number of hydrogen-bond donors (Lipinski definition) is 1. The number of aromatic nitrogens is 4. The van der Waals surface area contributed by atoms with Gasteiger partial charge in [-0.2, -0.15) is 9.78 Å². The van der Waals surface area contributed by atoms with E-state index in [0.29, 0.717) is 35.4 Å². The number of carbonyl (C=O) groups excluding carboxylic acids is 1. The van der Waals surface area contributed by atoms with E-state index in [1.54, 1.807) is 44.5 Å². The van der Waals surface area contributed by atoms with Gasteiger partial charge in [-0.3, -0.25) is 4.79 Å². The molecular weight excluding hydrogens is 410 g/mol. The van der Waals surface area contributed by atoms with E-state index in [9.17, 15) is 4.79 Å². The third kappa shape index (κ3) is 5.16. The van der Waals surface area contributed by atoms with E-state index in [4.69, 9.17) is 14.2 Å². The smallest absolute Gasteiger partial charge is 0.252 e.